The highest BCUT2D eigenvalue weighted by atomic mass is 16.7. The first-order chi connectivity index (χ1) is 10.6. The highest BCUT2D eigenvalue weighted by molar-refractivity contribution is 5.92. The Morgan fingerprint density at radius 2 is 2.23 bits per heavy atom. The number of nitrogens with one attached hydrogen (secondary N) is 1. The average Bonchev–Trinajstić information content (AvgIpc) is 3.29. The summed E-state index contributed by atoms with van der Waals surface area (Å²) in [5.41, 5.74) is 0. The third-order valence-corrected chi connectivity index (χ3v) is 4.36. The van der Waals surface area contributed by atoms with Gasteiger partial charge in [-0.3, -0.25) is 4.79 Å². The zero-order chi connectivity index (χ0) is 16.1. The Labute approximate surface area is 133 Å². The van der Waals surface area contributed by atoms with Crippen molar-refractivity contribution in [3.8, 4) is 0 Å². The second-order valence-electron chi connectivity index (χ2n) is 6.57. The maximum atomic E-state index is 12.3. The Bertz CT molecular complexity index is 403. The Balaban J connectivity index is 2.14. The van der Waals surface area contributed by atoms with Crippen LogP contribution in [0.4, 0.5) is 0 Å². The number of carbonyl (C=O) groups excluding carboxylic acids is 1. The lowest BCUT2D eigenvalue weighted by molar-refractivity contribution is -0.175. The van der Waals surface area contributed by atoms with E-state index in [1.54, 1.807) is 0 Å². The fourth-order valence-electron chi connectivity index (χ4n) is 3.01. The van der Waals surface area contributed by atoms with Gasteiger partial charge in [0.1, 0.15) is 0 Å². The van der Waals surface area contributed by atoms with Crippen molar-refractivity contribution in [3.05, 3.63) is 11.8 Å². The summed E-state index contributed by atoms with van der Waals surface area (Å²) in [5.74, 6) is 1.04. The fourth-order valence-corrected chi connectivity index (χ4v) is 3.01. The third kappa shape index (κ3) is 4.46. The van der Waals surface area contributed by atoms with E-state index in [9.17, 15) is 4.79 Å². The van der Waals surface area contributed by atoms with Crippen LogP contribution in [-0.2, 0) is 14.3 Å². The van der Waals surface area contributed by atoms with Crippen LogP contribution in [0.1, 0.15) is 46.5 Å². The first-order valence-electron chi connectivity index (χ1n) is 8.48. The van der Waals surface area contributed by atoms with E-state index in [0.717, 1.165) is 25.7 Å². The van der Waals surface area contributed by atoms with Crippen LogP contribution in [0, 0.1) is 17.8 Å². The molecule has 0 aromatic rings. The van der Waals surface area contributed by atoms with Crippen molar-refractivity contribution < 1.29 is 19.4 Å². The van der Waals surface area contributed by atoms with E-state index in [2.05, 4.69) is 19.2 Å². The monoisotopic (exact) mass is 311 g/mol. The number of rotatable bonds is 8. The summed E-state index contributed by atoms with van der Waals surface area (Å²) in [4.78, 5) is 12.3. The van der Waals surface area contributed by atoms with Crippen molar-refractivity contribution in [2.45, 2.75) is 58.8 Å². The molecule has 1 amide bonds. The maximum Gasteiger partial charge on any atom is 0.286 e. The molecule has 2 N–H and O–H groups in total. The molecule has 2 rings (SSSR count). The average molecular weight is 311 g/mol. The van der Waals surface area contributed by atoms with Gasteiger partial charge >= 0.3 is 0 Å². The molecule has 0 unspecified atom stereocenters. The molecule has 2 aliphatic rings. The molecule has 1 aliphatic heterocycles. The Morgan fingerprint density at radius 3 is 2.77 bits per heavy atom. The number of hydrogen-bond acceptors (Lipinski definition) is 4. The van der Waals surface area contributed by atoms with Gasteiger partial charge < -0.3 is 19.9 Å². The van der Waals surface area contributed by atoms with Crippen LogP contribution >= 0.6 is 0 Å². The van der Waals surface area contributed by atoms with Gasteiger partial charge in [0.25, 0.3) is 5.91 Å². The smallest absolute Gasteiger partial charge is 0.286 e. The van der Waals surface area contributed by atoms with Gasteiger partial charge in [-0.25, -0.2) is 0 Å². The van der Waals surface area contributed by atoms with Gasteiger partial charge in [-0.1, -0.05) is 13.8 Å². The SMILES string of the molecule is CCO[C@H]1OC(C(=O)NC2CC2)=C[C@@H](C(C)C)[C@H]1CCCO. The van der Waals surface area contributed by atoms with Crippen LogP contribution in [0.15, 0.2) is 11.8 Å². The van der Waals surface area contributed by atoms with Gasteiger partial charge in [0.2, 0.25) is 6.29 Å². The summed E-state index contributed by atoms with van der Waals surface area (Å²) in [6.45, 7) is 6.94. The summed E-state index contributed by atoms with van der Waals surface area (Å²) < 4.78 is 11.6. The van der Waals surface area contributed by atoms with Gasteiger partial charge in [0.05, 0.1) is 0 Å². The highest BCUT2D eigenvalue weighted by Gasteiger charge is 2.39. The largest absolute Gasteiger partial charge is 0.459 e. The predicted octanol–water partition coefficient (Wildman–Crippen LogP) is 2.20. The molecule has 0 bridgehead atoms. The summed E-state index contributed by atoms with van der Waals surface area (Å²) >= 11 is 0. The number of amides is 1. The van der Waals surface area contributed by atoms with Crippen LogP contribution in [0.25, 0.3) is 0 Å². The maximum absolute atomic E-state index is 12.3. The Morgan fingerprint density at radius 1 is 1.50 bits per heavy atom. The van der Waals surface area contributed by atoms with E-state index in [4.69, 9.17) is 14.6 Å². The van der Waals surface area contributed by atoms with Crippen molar-refractivity contribution >= 4 is 5.91 Å². The van der Waals surface area contributed by atoms with Gasteiger partial charge in [-0.05, 0) is 50.5 Å². The zero-order valence-electron chi connectivity index (χ0n) is 13.9. The molecule has 0 spiro atoms. The predicted molar refractivity (Wildman–Crippen MR) is 83.9 cm³/mol. The molecule has 3 atom stereocenters. The molecule has 1 saturated carbocycles. The molecule has 0 aromatic heterocycles. The quantitative estimate of drug-likeness (QED) is 0.721. The molecule has 0 radical (unpaired) electrons. The first-order valence-corrected chi connectivity index (χ1v) is 8.48. The van der Waals surface area contributed by atoms with Crippen molar-refractivity contribution in [1.82, 2.24) is 5.32 Å². The molecule has 1 fully saturated rings. The van der Waals surface area contributed by atoms with E-state index in [1.165, 1.54) is 0 Å². The number of hydrogen-bond donors (Lipinski definition) is 2. The van der Waals surface area contributed by atoms with E-state index in [0.29, 0.717) is 24.3 Å². The van der Waals surface area contributed by atoms with Crippen LogP contribution in [0.2, 0.25) is 0 Å². The number of aliphatic hydroxyl groups excluding tert-OH is 1. The molecule has 126 valence electrons. The standard InChI is InChI=1S/C17H29NO4/c1-4-21-17-13(6-5-9-19)14(11(2)3)10-15(22-17)16(20)18-12-7-8-12/h10-14,17,19H,4-9H2,1-3H3,(H,18,20)/t13-,14+,17+/m1/s1. The van der Waals surface area contributed by atoms with E-state index < -0.39 is 6.29 Å². The molecular weight excluding hydrogens is 282 g/mol. The molecule has 1 aliphatic carbocycles. The minimum Gasteiger partial charge on any atom is -0.459 e. The van der Waals surface area contributed by atoms with Gasteiger partial charge in [-0.2, -0.15) is 0 Å². The minimum absolute atomic E-state index is 0.126. The Hall–Kier alpha value is -1.07. The van der Waals surface area contributed by atoms with Crippen LogP contribution in [0.3, 0.4) is 0 Å². The van der Waals surface area contributed by atoms with E-state index in [-0.39, 0.29) is 24.3 Å². The van der Waals surface area contributed by atoms with Crippen molar-refractivity contribution in [1.29, 1.82) is 0 Å². The second-order valence-corrected chi connectivity index (χ2v) is 6.57. The summed E-state index contributed by atoms with van der Waals surface area (Å²) in [6.07, 6.45) is 5.21. The van der Waals surface area contributed by atoms with Crippen molar-refractivity contribution in [3.63, 3.8) is 0 Å². The lowest BCUT2D eigenvalue weighted by Gasteiger charge is -2.38. The summed E-state index contributed by atoms with van der Waals surface area (Å²) in [6, 6.07) is 0.312. The molecule has 22 heavy (non-hydrogen) atoms. The number of ether oxygens (including phenoxy) is 2. The Kier molecular flexibility index (Phi) is 6.26. The van der Waals surface area contributed by atoms with E-state index in [1.807, 2.05) is 13.0 Å². The topological polar surface area (TPSA) is 67.8 Å². The molecule has 0 saturated heterocycles. The first kappa shape index (κ1) is 17.3. The molecule has 5 heteroatoms. The minimum atomic E-state index is -0.408. The summed E-state index contributed by atoms with van der Waals surface area (Å²) in [5, 5.41) is 12.1. The second kappa shape index (κ2) is 7.97. The highest BCUT2D eigenvalue weighted by Crippen LogP contribution is 2.37. The zero-order valence-corrected chi connectivity index (χ0v) is 13.9. The van der Waals surface area contributed by atoms with Gasteiger partial charge in [-0.15, -0.1) is 0 Å². The van der Waals surface area contributed by atoms with Crippen LogP contribution in [-0.4, -0.2) is 36.6 Å². The van der Waals surface area contributed by atoms with Crippen LogP contribution in [0.5, 0.6) is 0 Å². The van der Waals surface area contributed by atoms with Crippen molar-refractivity contribution in [2.24, 2.45) is 17.8 Å². The van der Waals surface area contributed by atoms with E-state index >= 15 is 0 Å². The third-order valence-electron chi connectivity index (χ3n) is 4.36. The number of allylic oxidation sites excluding steroid dienone is 1. The van der Waals surface area contributed by atoms with Gasteiger partial charge in [0.15, 0.2) is 5.76 Å². The number of carbonyl (C=O) groups is 1. The lowest BCUT2D eigenvalue weighted by Crippen LogP contribution is -2.41. The molecule has 1 heterocycles. The van der Waals surface area contributed by atoms with Crippen molar-refractivity contribution in [2.75, 3.05) is 13.2 Å². The van der Waals surface area contributed by atoms with Crippen LogP contribution < -0.4 is 5.32 Å². The fraction of sp³-hybridized carbons (Fsp3) is 0.824. The lowest BCUT2D eigenvalue weighted by atomic mass is 9.78. The normalized spacial score (nSPS) is 28.2. The molecule has 0 aromatic carbocycles. The van der Waals surface area contributed by atoms with Gasteiger partial charge in [0, 0.05) is 25.2 Å². The summed E-state index contributed by atoms with van der Waals surface area (Å²) in [7, 11) is 0. The molecular formula is C17H29NO4. The number of aliphatic hydroxyl groups is 1. The molecule has 5 nitrogen and oxygen atoms in total.